The maximum absolute atomic E-state index is 13.6. The minimum Gasteiger partial charge on any atom is -0.455 e. The van der Waals surface area contributed by atoms with Gasteiger partial charge >= 0.3 is 0 Å². The Morgan fingerprint density at radius 1 is 0.850 bits per heavy atom. The van der Waals surface area contributed by atoms with E-state index in [-0.39, 0.29) is 11.3 Å². The molecule has 0 aliphatic rings. The molecule has 96 valence electrons. The third-order valence-corrected chi connectivity index (χ3v) is 3.06. The number of ether oxygens (including phenoxy) is 1. The van der Waals surface area contributed by atoms with E-state index in [0.717, 1.165) is 10.8 Å². The molecule has 0 radical (unpaired) electrons. The molecule has 3 heteroatoms. The molecule has 0 heterocycles. The minimum absolute atomic E-state index is 0.0829. The third-order valence-electron chi connectivity index (χ3n) is 3.06. The number of nitrogens with zero attached hydrogens (tertiary/aromatic N) is 1. The van der Waals surface area contributed by atoms with Crippen LogP contribution in [0.4, 0.5) is 4.39 Å². The fourth-order valence-corrected chi connectivity index (χ4v) is 2.10. The van der Waals surface area contributed by atoms with Gasteiger partial charge in [-0.2, -0.15) is 5.26 Å². The Morgan fingerprint density at radius 2 is 1.55 bits per heavy atom. The van der Waals surface area contributed by atoms with Gasteiger partial charge in [-0.15, -0.1) is 0 Å². The molecule has 0 saturated carbocycles. The van der Waals surface area contributed by atoms with Gasteiger partial charge in [-0.05, 0) is 23.6 Å². The maximum atomic E-state index is 13.6. The molecule has 0 aliphatic heterocycles. The Morgan fingerprint density at radius 3 is 2.40 bits per heavy atom. The fraction of sp³-hybridized carbons (Fsp3) is 0. The first-order valence-electron chi connectivity index (χ1n) is 6.14. The van der Waals surface area contributed by atoms with Crippen LogP contribution in [0.5, 0.6) is 11.5 Å². The summed E-state index contributed by atoms with van der Waals surface area (Å²) in [5, 5.41) is 11.0. The van der Waals surface area contributed by atoms with Gasteiger partial charge < -0.3 is 4.74 Å². The van der Waals surface area contributed by atoms with Crippen LogP contribution in [0.25, 0.3) is 10.8 Å². The summed E-state index contributed by atoms with van der Waals surface area (Å²) in [5.74, 6) is 0.249. The van der Waals surface area contributed by atoms with Crippen molar-refractivity contribution in [1.82, 2.24) is 0 Å². The van der Waals surface area contributed by atoms with Crippen molar-refractivity contribution in [1.29, 1.82) is 5.26 Å². The van der Waals surface area contributed by atoms with Crippen LogP contribution >= 0.6 is 0 Å². The molecule has 0 amide bonds. The SMILES string of the molecule is N#Cc1c(F)cccc1Oc1cccc2ccccc12. The van der Waals surface area contributed by atoms with Gasteiger partial charge in [0.1, 0.15) is 28.9 Å². The zero-order valence-electron chi connectivity index (χ0n) is 10.5. The van der Waals surface area contributed by atoms with Crippen LogP contribution in [-0.4, -0.2) is 0 Å². The normalized spacial score (nSPS) is 10.2. The Labute approximate surface area is 115 Å². The molecule has 20 heavy (non-hydrogen) atoms. The second-order valence-corrected chi connectivity index (χ2v) is 4.30. The van der Waals surface area contributed by atoms with Crippen LogP contribution in [0.1, 0.15) is 5.56 Å². The number of rotatable bonds is 2. The van der Waals surface area contributed by atoms with Crippen molar-refractivity contribution in [2.45, 2.75) is 0 Å². The molecular formula is C17H10FNO. The minimum atomic E-state index is -0.578. The maximum Gasteiger partial charge on any atom is 0.148 e. The lowest BCUT2D eigenvalue weighted by molar-refractivity contribution is 0.479. The standard InChI is InChI=1S/C17H10FNO/c18-15-8-4-10-17(14(15)11-19)20-16-9-3-6-12-5-1-2-7-13(12)16/h1-10H. The molecular weight excluding hydrogens is 253 g/mol. The van der Waals surface area contributed by atoms with Crippen molar-refractivity contribution in [2.24, 2.45) is 0 Å². The van der Waals surface area contributed by atoms with E-state index in [1.54, 1.807) is 12.1 Å². The molecule has 3 aromatic carbocycles. The van der Waals surface area contributed by atoms with Gasteiger partial charge in [0.25, 0.3) is 0 Å². The summed E-state index contributed by atoms with van der Waals surface area (Å²) in [6, 6.07) is 19.6. The molecule has 0 aromatic heterocycles. The lowest BCUT2D eigenvalue weighted by Gasteiger charge is -2.10. The monoisotopic (exact) mass is 263 g/mol. The molecule has 3 aromatic rings. The Balaban J connectivity index is 2.11. The van der Waals surface area contributed by atoms with Crippen LogP contribution in [0, 0.1) is 17.1 Å². The van der Waals surface area contributed by atoms with Crippen LogP contribution in [-0.2, 0) is 0 Å². The second-order valence-electron chi connectivity index (χ2n) is 4.30. The zero-order valence-corrected chi connectivity index (χ0v) is 10.5. The van der Waals surface area contributed by atoms with Crippen molar-refractivity contribution in [3.63, 3.8) is 0 Å². The van der Waals surface area contributed by atoms with E-state index in [0.29, 0.717) is 5.75 Å². The van der Waals surface area contributed by atoms with E-state index in [1.165, 1.54) is 12.1 Å². The van der Waals surface area contributed by atoms with Crippen molar-refractivity contribution in [2.75, 3.05) is 0 Å². The molecule has 0 aliphatic carbocycles. The highest BCUT2D eigenvalue weighted by atomic mass is 19.1. The Kier molecular flexibility index (Phi) is 3.06. The molecule has 0 bridgehead atoms. The van der Waals surface area contributed by atoms with E-state index >= 15 is 0 Å². The van der Waals surface area contributed by atoms with Gasteiger partial charge in [-0.25, -0.2) is 4.39 Å². The van der Waals surface area contributed by atoms with Gasteiger partial charge in [-0.1, -0.05) is 42.5 Å². The predicted molar refractivity (Wildman–Crippen MR) is 75.1 cm³/mol. The quantitative estimate of drug-likeness (QED) is 0.674. The number of halogens is 1. The number of fused-ring (bicyclic) bond motifs is 1. The molecule has 0 atom stereocenters. The highest BCUT2D eigenvalue weighted by Crippen LogP contribution is 2.32. The third kappa shape index (κ3) is 2.08. The van der Waals surface area contributed by atoms with Crippen LogP contribution in [0.15, 0.2) is 60.7 Å². The van der Waals surface area contributed by atoms with Crippen LogP contribution in [0.2, 0.25) is 0 Å². The van der Waals surface area contributed by atoms with Crippen molar-refractivity contribution >= 4 is 10.8 Å². The average molecular weight is 263 g/mol. The summed E-state index contributed by atoms with van der Waals surface area (Å²) < 4.78 is 19.3. The molecule has 0 fully saturated rings. The van der Waals surface area contributed by atoms with Gasteiger partial charge in [-0.3, -0.25) is 0 Å². The van der Waals surface area contributed by atoms with Crippen LogP contribution < -0.4 is 4.74 Å². The zero-order chi connectivity index (χ0) is 13.9. The summed E-state index contributed by atoms with van der Waals surface area (Å²) in [4.78, 5) is 0. The average Bonchev–Trinajstić information content (AvgIpc) is 2.48. The van der Waals surface area contributed by atoms with Gasteiger partial charge in [0, 0.05) is 5.39 Å². The first kappa shape index (κ1) is 12.2. The molecule has 0 unspecified atom stereocenters. The van der Waals surface area contributed by atoms with E-state index in [2.05, 4.69) is 0 Å². The lowest BCUT2D eigenvalue weighted by atomic mass is 10.1. The largest absolute Gasteiger partial charge is 0.455 e. The van der Waals surface area contributed by atoms with Crippen molar-refractivity contribution in [3.8, 4) is 17.6 Å². The van der Waals surface area contributed by atoms with E-state index in [1.807, 2.05) is 42.5 Å². The van der Waals surface area contributed by atoms with Crippen molar-refractivity contribution < 1.29 is 9.13 Å². The molecule has 0 spiro atoms. The first-order valence-corrected chi connectivity index (χ1v) is 6.14. The highest BCUT2D eigenvalue weighted by Gasteiger charge is 2.11. The van der Waals surface area contributed by atoms with Crippen LogP contribution in [0.3, 0.4) is 0 Å². The van der Waals surface area contributed by atoms with E-state index in [4.69, 9.17) is 10.00 Å². The summed E-state index contributed by atoms with van der Waals surface area (Å²) in [5.41, 5.74) is -0.0829. The van der Waals surface area contributed by atoms with Crippen molar-refractivity contribution in [3.05, 3.63) is 72.0 Å². The molecule has 2 nitrogen and oxygen atoms in total. The lowest BCUT2D eigenvalue weighted by Crippen LogP contribution is -1.92. The highest BCUT2D eigenvalue weighted by molar-refractivity contribution is 5.88. The Bertz CT molecular complexity index is 815. The van der Waals surface area contributed by atoms with E-state index < -0.39 is 5.82 Å². The van der Waals surface area contributed by atoms with Gasteiger partial charge in [0.15, 0.2) is 0 Å². The second kappa shape index (κ2) is 5.02. The predicted octanol–water partition coefficient (Wildman–Crippen LogP) is 4.64. The fourth-order valence-electron chi connectivity index (χ4n) is 2.10. The number of nitriles is 1. The summed E-state index contributed by atoms with van der Waals surface area (Å²) in [6.07, 6.45) is 0. The van der Waals surface area contributed by atoms with E-state index in [9.17, 15) is 4.39 Å². The number of benzene rings is 3. The Hall–Kier alpha value is -2.86. The molecule has 0 N–H and O–H groups in total. The smallest absolute Gasteiger partial charge is 0.148 e. The molecule has 0 saturated heterocycles. The first-order chi connectivity index (χ1) is 9.79. The number of hydrogen-bond acceptors (Lipinski definition) is 2. The van der Waals surface area contributed by atoms with Gasteiger partial charge in [0.2, 0.25) is 0 Å². The van der Waals surface area contributed by atoms with Gasteiger partial charge in [0.05, 0.1) is 0 Å². The number of hydrogen-bond donors (Lipinski definition) is 0. The summed E-state index contributed by atoms with van der Waals surface area (Å²) >= 11 is 0. The topological polar surface area (TPSA) is 33.0 Å². The molecule has 3 rings (SSSR count). The summed E-state index contributed by atoms with van der Waals surface area (Å²) in [7, 11) is 0. The summed E-state index contributed by atoms with van der Waals surface area (Å²) in [6.45, 7) is 0.